The van der Waals surface area contributed by atoms with Gasteiger partial charge in [-0.1, -0.05) is 6.07 Å². The van der Waals surface area contributed by atoms with Crippen molar-refractivity contribution in [1.29, 1.82) is 0 Å². The number of fused-ring (bicyclic) bond motifs is 1. The van der Waals surface area contributed by atoms with Crippen LogP contribution in [-0.2, 0) is 6.42 Å². The second-order valence-corrected chi connectivity index (χ2v) is 6.66. The summed E-state index contributed by atoms with van der Waals surface area (Å²) in [6.45, 7) is 3.65. The van der Waals surface area contributed by atoms with Crippen LogP contribution < -0.4 is 19.7 Å². The average molecular weight is 340 g/mol. The zero-order valence-corrected chi connectivity index (χ0v) is 14.6. The van der Waals surface area contributed by atoms with Gasteiger partial charge in [-0.3, -0.25) is 0 Å². The van der Waals surface area contributed by atoms with Gasteiger partial charge in [0.25, 0.3) is 0 Å². The van der Waals surface area contributed by atoms with Crippen molar-refractivity contribution in [2.24, 2.45) is 5.92 Å². The van der Waals surface area contributed by atoms with Crippen molar-refractivity contribution in [2.75, 3.05) is 43.6 Å². The maximum Gasteiger partial charge on any atom is 0.171 e. The molecule has 0 saturated carbocycles. The molecule has 0 radical (unpaired) electrons. The van der Waals surface area contributed by atoms with E-state index in [0.717, 1.165) is 49.2 Å². The van der Waals surface area contributed by atoms with Crippen molar-refractivity contribution in [3.05, 3.63) is 36.2 Å². The smallest absolute Gasteiger partial charge is 0.171 e. The number of rotatable bonds is 5. The number of ether oxygens (including phenoxy) is 2. The van der Waals surface area contributed by atoms with Crippen molar-refractivity contribution in [3.8, 4) is 11.5 Å². The highest BCUT2D eigenvalue weighted by atomic mass is 16.5. The third-order valence-electron chi connectivity index (χ3n) is 4.90. The lowest BCUT2D eigenvalue weighted by atomic mass is 9.96. The molecular formula is C19H24N4O2. The van der Waals surface area contributed by atoms with Crippen molar-refractivity contribution < 1.29 is 9.47 Å². The molecular weight excluding hydrogens is 316 g/mol. The lowest BCUT2D eigenvalue weighted by Crippen LogP contribution is -2.28. The Kier molecular flexibility index (Phi) is 4.59. The Morgan fingerprint density at radius 3 is 2.92 bits per heavy atom. The van der Waals surface area contributed by atoms with Gasteiger partial charge in [-0.15, -0.1) is 0 Å². The van der Waals surface area contributed by atoms with Gasteiger partial charge in [0.2, 0.25) is 0 Å². The van der Waals surface area contributed by atoms with Gasteiger partial charge in [-0.05, 0) is 30.9 Å². The topological polar surface area (TPSA) is 59.5 Å². The first-order valence-electron chi connectivity index (χ1n) is 8.93. The monoisotopic (exact) mass is 340 g/mol. The van der Waals surface area contributed by atoms with Crippen molar-refractivity contribution in [3.63, 3.8) is 0 Å². The molecule has 0 amide bonds. The molecule has 1 aromatic carbocycles. The van der Waals surface area contributed by atoms with E-state index in [0.29, 0.717) is 12.5 Å². The molecule has 2 aromatic rings. The Hall–Kier alpha value is -2.50. The first-order chi connectivity index (χ1) is 12.3. The van der Waals surface area contributed by atoms with Gasteiger partial charge >= 0.3 is 0 Å². The van der Waals surface area contributed by atoms with Gasteiger partial charge in [0, 0.05) is 44.0 Å². The molecule has 132 valence electrons. The predicted octanol–water partition coefficient (Wildman–Crippen LogP) is 2.75. The fourth-order valence-electron chi connectivity index (χ4n) is 3.53. The Labute approximate surface area is 148 Å². The molecule has 2 aliphatic heterocycles. The molecule has 6 heteroatoms. The van der Waals surface area contributed by atoms with Crippen molar-refractivity contribution in [2.45, 2.75) is 19.3 Å². The molecule has 25 heavy (non-hydrogen) atoms. The highest BCUT2D eigenvalue weighted by Gasteiger charge is 2.22. The minimum absolute atomic E-state index is 0.411. The number of nitrogens with one attached hydrogen (secondary N) is 1. The zero-order chi connectivity index (χ0) is 17.1. The first-order valence-corrected chi connectivity index (χ1v) is 8.93. The van der Waals surface area contributed by atoms with E-state index in [2.05, 4.69) is 26.3 Å². The summed E-state index contributed by atoms with van der Waals surface area (Å²) in [6.07, 6.45) is 6.97. The van der Waals surface area contributed by atoms with Crippen LogP contribution >= 0.6 is 0 Å². The summed E-state index contributed by atoms with van der Waals surface area (Å²) >= 11 is 0. The minimum atomic E-state index is 0.411. The highest BCUT2D eigenvalue weighted by molar-refractivity contribution is 5.61. The number of hydrogen-bond donors (Lipinski definition) is 1. The summed E-state index contributed by atoms with van der Waals surface area (Å²) in [5.41, 5.74) is 1.23. The lowest BCUT2D eigenvalue weighted by molar-refractivity contribution is 0.228. The van der Waals surface area contributed by atoms with Crippen LogP contribution in [0.25, 0.3) is 0 Å². The van der Waals surface area contributed by atoms with Gasteiger partial charge in [0.1, 0.15) is 11.5 Å². The third kappa shape index (κ3) is 3.48. The van der Waals surface area contributed by atoms with Crippen LogP contribution in [0.4, 0.5) is 11.6 Å². The van der Waals surface area contributed by atoms with Crippen LogP contribution in [0.5, 0.6) is 11.5 Å². The normalized spacial score (nSPS) is 19.2. The van der Waals surface area contributed by atoms with Crippen LogP contribution in [0.3, 0.4) is 0 Å². The molecule has 1 N–H and O–H groups in total. The number of nitrogens with zero attached hydrogens (tertiary/aromatic N) is 3. The number of anilines is 2. The van der Waals surface area contributed by atoms with Gasteiger partial charge in [-0.25, -0.2) is 9.97 Å². The molecule has 0 aliphatic carbocycles. The molecule has 1 saturated heterocycles. The second-order valence-electron chi connectivity index (χ2n) is 6.66. The van der Waals surface area contributed by atoms with Gasteiger partial charge in [0.05, 0.1) is 13.7 Å². The van der Waals surface area contributed by atoms with E-state index in [1.165, 1.54) is 18.4 Å². The van der Waals surface area contributed by atoms with Crippen LogP contribution in [0.15, 0.2) is 30.6 Å². The number of aromatic nitrogens is 2. The number of methoxy groups -OCH3 is 1. The molecule has 0 spiro atoms. The van der Waals surface area contributed by atoms with Crippen LogP contribution in [0, 0.1) is 5.92 Å². The maximum atomic E-state index is 5.93. The Balaban J connectivity index is 1.41. The molecule has 1 aromatic heterocycles. The largest absolute Gasteiger partial charge is 0.497 e. The molecule has 1 fully saturated rings. The average Bonchev–Trinajstić information content (AvgIpc) is 3.20. The van der Waals surface area contributed by atoms with Gasteiger partial charge < -0.3 is 19.7 Å². The quantitative estimate of drug-likeness (QED) is 0.903. The standard InChI is InChI=1S/C19H24N4O2/c1-24-16-5-4-15-10-14(13-25-17(15)11-16)12-22-18-19(21-7-6-20-18)23-8-2-3-9-23/h4-7,11,14H,2-3,8-10,12-13H2,1H3,(H,20,22)/t14-/m0/s1. The fourth-order valence-corrected chi connectivity index (χ4v) is 3.53. The molecule has 3 heterocycles. The van der Waals surface area contributed by atoms with E-state index >= 15 is 0 Å². The highest BCUT2D eigenvalue weighted by Crippen LogP contribution is 2.31. The fraction of sp³-hybridized carbons (Fsp3) is 0.474. The second kappa shape index (κ2) is 7.17. The summed E-state index contributed by atoms with van der Waals surface area (Å²) < 4.78 is 11.2. The Morgan fingerprint density at radius 2 is 2.08 bits per heavy atom. The summed E-state index contributed by atoms with van der Waals surface area (Å²) in [6, 6.07) is 6.05. The van der Waals surface area contributed by atoms with E-state index in [4.69, 9.17) is 9.47 Å². The molecule has 1 atom stereocenters. The Bertz CT molecular complexity index is 731. The van der Waals surface area contributed by atoms with E-state index in [9.17, 15) is 0 Å². The van der Waals surface area contributed by atoms with E-state index in [-0.39, 0.29) is 0 Å². The van der Waals surface area contributed by atoms with Crippen molar-refractivity contribution >= 4 is 11.6 Å². The van der Waals surface area contributed by atoms with Crippen molar-refractivity contribution in [1.82, 2.24) is 9.97 Å². The minimum Gasteiger partial charge on any atom is -0.497 e. The summed E-state index contributed by atoms with van der Waals surface area (Å²) in [5, 5.41) is 3.49. The van der Waals surface area contributed by atoms with Crippen LogP contribution in [0.2, 0.25) is 0 Å². The summed E-state index contributed by atoms with van der Waals surface area (Å²) in [7, 11) is 1.68. The Morgan fingerprint density at radius 1 is 1.24 bits per heavy atom. The van der Waals surface area contributed by atoms with E-state index < -0.39 is 0 Å². The summed E-state index contributed by atoms with van der Waals surface area (Å²) in [5.74, 6) is 4.04. The van der Waals surface area contributed by atoms with Gasteiger partial charge in [0.15, 0.2) is 11.6 Å². The summed E-state index contributed by atoms with van der Waals surface area (Å²) in [4.78, 5) is 11.4. The third-order valence-corrected chi connectivity index (χ3v) is 4.90. The molecule has 4 rings (SSSR count). The number of benzene rings is 1. The van der Waals surface area contributed by atoms with Crippen LogP contribution in [0.1, 0.15) is 18.4 Å². The SMILES string of the molecule is COc1ccc2c(c1)OC[C@H](CNc1nccnc1N1CCCC1)C2. The number of hydrogen-bond acceptors (Lipinski definition) is 6. The molecule has 0 bridgehead atoms. The molecule has 0 unspecified atom stereocenters. The van der Waals surface area contributed by atoms with E-state index in [1.807, 2.05) is 12.1 Å². The first kappa shape index (κ1) is 16.0. The van der Waals surface area contributed by atoms with Gasteiger partial charge in [-0.2, -0.15) is 0 Å². The van der Waals surface area contributed by atoms with E-state index in [1.54, 1.807) is 19.5 Å². The molecule has 2 aliphatic rings. The zero-order valence-electron chi connectivity index (χ0n) is 14.6. The lowest BCUT2D eigenvalue weighted by Gasteiger charge is -2.26. The predicted molar refractivity (Wildman–Crippen MR) is 97.7 cm³/mol. The molecule has 6 nitrogen and oxygen atoms in total. The maximum absolute atomic E-state index is 5.93. The van der Waals surface area contributed by atoms with Crippen LogP contribution in [-0.4, -0.2) is 43.3 Å².